The van der Waals surface area contributed by atoms with Gasteiger partial charge in [-0.1, -0.05) is 32.0 Å². The molecule has 0 spiro atoms. The lowest BCUT2D eigenvalue weighted by Gasteiger charge is -2.27. The van der Waals surface area contributed by atoms with E-state index in [1.165, 1.54) is 0 Å². The van der Waals surface area contributed by atoms with Crippen LogP contribution in [0.1, 0.15) is 46.9 Å². The smallest absolute Gasteiger partial charge is 0.255 e. The van der Waals surface area contributed by atoms with Crippen molar-refractivity contribution in [3.05, 3.63) is 64.7 Å². The highest BCUT2D eigenvalue weighted by molar-refractivity contribution is 6.00. The second-order valence-electron chi connectivity index (χ2n) is 6.55. The quantitative estimate of drug-likeness (QED) is 0.824. The van der Waals surface area contributed by atoms with Crippen LogP contribution in [0.4, 0.5) is 5.69 Å². The van der Waals surface area contributed by atoms with Crippen molar-refractivity contribution in [2.75, 3.05) is 18.8 Å². The lowest BCUT2D eigenvalue weighted by molar-refractivity contribution is 0.0750. The molecule has 0 aliphatic carbocycles. The molecule has 5 heteroatoms. The Hall–Kier alpha value is -2.84. The van der Waals surface area contributed by atoms with Crippen LogP contribution in [0.15, 0.2) is 42.5 Å². The van der Waals surface area contributed by atoms with Gasteiger partial charge in [-0.05, 0) is 29.8 Å². The lowest BCUT2D eigenvalue weighted by atomic mass is 9.95. The van der Waals surface area contributed by atoms with Crippen molar-refractivity contribution >= 4 is 11.6 Å². The molecule has 2 aromatic carbocycles. The second-order valence-corrected chi connectivity index (χ2v) is 6.55. The number of benzene rings is 2. The summed E-state index contributed by atoms with van der Waals surface area (Å²) >= 11 is 0. The zero-order chi connectivity index (χ0) is 18.0. The predicted molar refractivity (Wildman–Crippen MR) is 98.0 cm³/mol. The summed E-state index contributed by atoms with van der Waals surface area (Å²) in [5.41, 5.74) is 9.80. The molecular formula is C20H22N4O. The number of rotatable bonds is 5. The SMILES string of the molecule is CC(C)NCCN1C(=O)c2ccccc2C1c1cc(C#N)ccc1N. The highest BCUT2D eigenvalue weighted by Crippen LogP contribution is 2.40. The molecule has 1 aliphatic heterocycles. The number of anilines is 1. The molecule has 1 heterocycles. The minimum absolute atomic E-state index is 0.00733. The Morgan fingerprint density at radius 1 is 1.24 bits per heavy atom. The first kappa shape index (κ1) is 17.0. The number of amides is 1. The van der Waals surface area contributed by atoms with Crippen LogP contribution in [0, 0.1) is 11.3 Å². The van der Waals surface area contributed by atoms with E-state index in [4.69, 9.17) is 5.73 Å². The van der Waals surface area contributed by atoms with Gasteiger partial charge < -0.3 is 16.0 Å². The number of carbonyl (C=O) groups is 1. The maximum atomic E-state index is 12.9. The molecule has 0 saturated carbocycles. The molecule has 25 heavy (non-hydrogen) atoms. The number of nitrogen functional groups attached to an aromatic ring is 1. The van der Waals surface area contributed by atoms with Gasteiger partial charge in [0.1, 0.15) is 0 Å². The first-order valence-electron chi connectivity index (χ1n) is 8.45. The van der Waals surface area contributed by atoms with Gasteiger partial charge in [-0.25, -0.2) is 0 Å². The first-order chi connectivity index (χ1) is 12.0. The molecule has 1 aliphatic rings. The number of nitrogens with one attached hydrogen (secondary N) is 1. The summed E-state index contributed by atoms with van der Waals surface area (Å²) in [5.74, 6) is 0.00733. The number of carbonyl (C=O) groups excluding carboxylic acids is 1. The molecule has 0 saturated heterocycles. The van der Waals surface area contributed by atoms with Crippen molar-refractivity contribution < 1.29 is 4.79 Å². The maximum absolute atomic E-state index is 12.9. The minimum atomic E-state index is -0.258. The standard InChI is InChI=1S/C20H22N4O/c1-13(2)23-9-10-24-19(15-5-3-4-6-16(15)20(24)25)17-11-14(12-21)7-8-18(17)22/h3-8,11,13,19,23H,9-10,22H2,1-2H3. The summed E-state index contributed by atoms with van der Waals surface area (Å²) in [6.07, 6.45) is 0. The molecule has 2 aromatic rings. The third-order valence-corrected chi connectivity index (χ3v) is 4.47. The molecule has 0 fully saturated rings. The zero-order valence-corrected chi connectivity index (χ0v) is 14.5. The minimum Gasteiger partial charge on any atom is -0.398 e. The Morgan fingerprint density at radius 3 is 2.72 bits per heavy atom. The number of nitrogens with zero attached hydrogens (tertiary/aromatic N) is 2. The molecule has 1 amide bonds. The highest BCUT2D eigenvalue weighted by Gasteiger charge is 2.37. The molecule has 1 unspecified atom stereocenters. The van der Waals surface area contributed by atoms with Crippen LogP contribution in [0.3, 0.4) is 0 Å². The summed E-state index contributed by atoms with van der Waals surface area (Å²) in [7, 11) is 0. The summed E-state index contributed by atoms with van der Waals surface area (Å²) in [6.45, 7) is 5.43. The Labute approximate surface area is 148 Å². The van der Waals surface area contributed by atoms with Crippen molar-refractivity contribution in [1.29, 1.82) is 5.26 Å². The predicted octanol–water partition coefficient (Wildman–Crippen LogP) is 2.68. The van der Waals surface area contributed by atoms with Crippen molar-refractivity contribution in [1.82, 2.24) is 10.2 Å². The van der Waals surface area contributed by atoms with Gasteiger partial charge in [0.25, 0.3) is 5.91 Å². The summed E-state index contributed by atoms with van der Waals surface area (Å²) in [5, 5.41) is 12.6. The third-order valence-electron chi connectivity index (χ3n) is 4.47. The second kappa shape index (κ2) is 6.96. The van der Waals surface area contributed by atoms with E-state index in [-0.39, 0.29) is 11.9 Å². The molecule has 0 bridgehead atoms. The van der Waals surface area contributed by atoms with E-state index in [1.54, 1.807) is 18.2 Å². The van der Waals surface area contributed by atoms with Crippen molar-refractivity contribution in [3.8, 4) is 6.07 Å². The van der Waals surface area contributed by atoms with Crippen molar-refractivity contribution in [2.45, 2.75) is 25.9 Å². The van der Waals surface area contributed by atoms with Gasteiger partial charge in [0, 0.05) is 35.9 Å². The number of nitriles is 1. The highest BCUT2D eigenvalue weighted by atomic mass is 16.2. The molecule has 5 nitrogen and oxygen atoms in total. The monoisotopic (exact) mass is 334 g/mol. The van der Waals surface area contributed by atoms with Gasteiger partial charge in [-0.3, -0.25) is 4.79 Å². The maximum Gasteiger partial charge on any atom is 0.255 e. The van der Waals surface area contributed by atoms with E-state index in [2.05, 4.69) is 25.2 Å². The number of nitrogens with two attached hydrogens (primary N) is 1. The Balaban J connectivity index is 2.03. The average Bonchev–Trinajstić information content (AvgIpc) is 2.88. The van der Waals surface area contributed by atoms with Crippen molar-refractivity contribution in [2.24, 2.45) is 0 Å². The number of hydrogen-bond acceptors (Lipinski definition) is 4. The van der Waals surface area contributed by atoms with E-state index in [1.807, 2.05) is 29.2 Å². The van der Waals surface area contributed by atoms with Gasteiger partial charge in [-0.15, -0.1) is 0 Å². The summed E-state index contributed by atoms with van der Waals surface area (Å²) < 4.78 is 0. The van der Waals surface area contributed by atoms with E-state index in [9.17, 15) is 10.1 Å². The Kier molecular flexibility index (Phi) is 4.73. The fraction of sp³-hybridized carbons (Fsp3) is 0.300. The fourth-order valence-electron chi connectivity index (χ4n) is 3.29. The Morgan fingerprint density at radius 2 is 2.00 bits per heavy atom. The molecule has 0 radical (unpaired) electrons. The van der Waals surface area contributed by atoms with E-state index in [0.29, 0.717) is 35.9 Å². The normalized spacial score (nSPS) is 16.2. The van der Waals surface area contributed by atoms with Crippen LogP contribution in [-0.4, -0.2) is 29.9 Å². The van der Waals surface area contributed by atoms with E-state index in [0.717, 1.165) is 11.1 Å². The largest absolute Gasteiger partial charge is 0.398 e. The van der Waals surface area contributed by atoms with Gasteiger partial charge in [0.2, 0.25) is 0 Å². The number of hydrogen-bond donors (Lipinski definition) is 2. The van der Waals surface area contributed by atoms with Crippen LogP contribution < -0.4 is 11.1 Å². The average molecular weight is 334 g/mol. The molecule has 3 N–H and O–H groups in total. The van der Waals surface area contributed by atoms with E-state index < -0.39 is 0 Å². The first-order valence-corrected chi connectivity index (χ1v) is 8.45. The van der Waals surface area contributed by atoms with Crippen LogP contribution in [0.25, 0.3) is 0 Å². The van der Waals surface area contributed by atoms with Crippen LogP contribution in [-0.2, 0) is 0 Å². The van der Waals surface area contributed by atoms with Gasteiger partial charge in [0.15, 0.2) is 0 Å². The fourth-order valence-corrected chi connectivity index (χ4v) is 3.29. The van der Waals surface area contributed by atoms with Gasteiger partial charge >= 0.3 is 0 Å². The van der Waals surface area contributed by atoms with Gasteiger partial charge in [0.05, 0.1) is 17.7 Å². The van der Waals surface area contributed by atoms with Crippen LogP contribution >= 0.6 is 0 Å². The summed E-state index contributed by atoms with van der Waals surface area (Å²) in [4.78, 5) is 14.8. The van der Waals surface area contributed by atoms with Gasteiger partial charge in [-0.2, -0.15) is 5.26 Å². The molecule has 3 rings (SSSR count). The Bertz CT molecular complexity index is 838. The third kappa shape index (κ3) is 3.21. The molecular weight excluding hydrogens is 312 g/mol. The molecule has 0 aromatic heterocycles. The van der Waals surface area contributed by atoms with Crippen molar-refractivity contribution in [3.63, 3.8) is 0 Å². The molecule has 1 atom stereocenters. The van der Waals surface area contributed by atoms with Crippen LogP contribution in [0.2, 0.25) is 0 Å². The summed E-state index contributed by atoms with van der Waals surface area (Å²) in [6, 6.07) is 15.1. The number of fused-ring (bicyclic) bond motifs is 1. The topological polar surface area (TPSA) is 82.2 Å². The van der Waals surface area contributed by atoms with E-state index >= 15 is 0 Å². The van der Waals surface area contributed by atoms with Crippen LogP contribution in [0.5, 0.6) is 0 Å². The zero-order valence-electron chi connectivity index (χ0n) is 14.5. The molecule has 128 valence electrons. The lowest BCUT2D eigenvalue weighted by Crippen LogP contribution is -2.37.